The molecule has 20 heavy (non-hydrogen) atoms. The molecule has 1 aromatic carbocycles. The molecule has 1 unspecified atom stereocenters. The summed E-state index contributed by atoms with van der Waals surface area (Å²) in [5.74, 6) is -1.11. The average Bonchev–Trinajstić information content (AvgIpc) is 2.47. The SMILES string of the molecule is C=C(Cl)C(=O)OC.C=CC(=O)OC(Cl)c1ccccc1. The Bertz CT molecular complexity index is 471. The highest BCUT2D eigenvalue weighted by Crippen LogP contribution is 2.21. The summed E-state index contributed by atoms with van der Waals surface area (Å²) in [6.45, 7) is 6.39. The largest absolute Gasteiger partial charge is 0.465 e. The zero-order chi connectivity index (χ0) is 15.5. The van der Waals surface area contributed by atoms with Crippen molar-refractivity contribution in [2.75, 3.05) is 7.11 Å². The Morgan fingerprint density at radius 2 is 1.85 bits per heavy atom. The van der Waals surface area contributed by atoms with Gasteiger partial charge in [-0.05, 0) is 0 Å². The quantitative estimate of drug-likeness (QED) is 0.484. The van der Waals surface area contributed by atoms with E-state index >= 15 is 0 Å². The predicted octanol–water partition coefficient (Wildman–Crippen LogP) is 3.57. The van der Waals surface area contributed by atoms with Crippen molar-refractivity contribution in [1.82, 2.24) is 0 Å². The second-order valence-corrected chi connectivity index (χ2v) is 4.12. The molecule has 4 nitrogen and oxygen atoms in total. The van der Waals surface area contributed by atoms with Crippen molar-refractivity contribution in [2.24, 2.45) is 0 Å². The van der Waals surface area contributed by atoms with Crippen LogP contribution in [-0.4, -0.2) is 19.0 Å². The first-order chi connectivity index (χ1) is 9.42. The molecule has 6 heteroatoms. The maximum absolute atomic E-state index is 10.8. The van der Waals surface area contributed by atoms with E-state index in [2.05, 4.69) is 17.9 Å². The highest BCUT2D eigenvalue weighted by atomic mass is 35.5. The van der Waals surface area contributed by atoms with Gasteiger partial charge in [0, 0.05) is 11.6 Å². The van der Waals surface area contributed by atoms with Gasteiger partial charge < -0.3 is 9.47 Å². The van der Waals surface area contributed by atoms with E-state index in [1.54, 1.807) is 12.1 Å². The smallest absolute Gasteiger partial charge is 0.348 e. The Morgan fingerprint density at radius 3 is 2.20 bits per heavy atom. The summed E-state index contributed by atoms with van der Waals surface area (Å²) >= 11 is 10.8. The minimum Gasteiger partial charge on any atom is -0.465 e. The molecule has 0 spiro atoms. The molecule has 1 atom stereocenters. The van der Waals surface area contributed by atoms with Crippen molar-refractivity contribution < 1.29 is 19.1 Å². The van der Waals surface area contributed by atoms with E-state index in [0.29, 0.717) is 0 Å². The fourth-order valence-electron chi connectivity index (χ4n) is 0.933. The summed E-state index contributed by atoms with van der Waals surface area (Å²) in [6.07, 6.45) is 1.08. The van der Waals surface area contributed by atoms with Gasteiger partial charge in [-0.2, -0.15) is 0 Å². The molecule has 0 radical (unpaired) electrons. The summed E-state index contributed by atoms with van der Waals surface area (Å²) in [6, 6.07) is 9.09. The number of rotatable bonds is 4. The molecule has 0 N–H and O–H groups in total. The number of carbonyl (C=O) groups excluding carboxylic acids is 2. The number of ether oxygens (including phenoxy) is 2. The molecule has 0 saturated carbocycles. The Labute approximate surface area is 127 Å². The molecule has 1 rings (SSSR count). The first kappa shape index (κ1) is 18.2. The summed E-state index contributed by atoms with van der Waals surface area (Å²) in [4.78, 5) is 20.8. The third kappa shape index (κ3) is 7.61. The van der Waals surface area contributed by atoms with Crippen molar-refractivity contribution in [3.63, 3.8) is 0 Å². The molecule has 1 aromatic rings. The van der Waals surface area contributed by atoms with Gasteiger partial charge in [0.15, 0.2) is 0 Å². The lowest BCUT2D eigenvalue weighted by molar-refractivity contribution is -0.139. The van der Waals surface area contributed by atoms with Crippen molar-refractivity contribution in [3.05, 3.63) is 60.2 Å². The second kappa shape index (κ2) is 10.1. The van der Waals surface area contributed by atoms with E-state index in [-0.39, 0.29) is 5.03 Å². The predicted molar refractivity (Wildman–Crippen MR) is 78.3 cm³/mol. The number of hydrogen-bond acceptors (Lipinski definition) is 4. The monoisotopic (exact) mass is 316 g/mol. The molecule has 0 aromatic heterocycles. The van der Waals surface area contributed by atoms with Crippen LogP contribution in [0, 0.1) is 0 Å². The summed E-state index contributed by atoms with van der Waals surface area (Å²) in [5, 5.41) is -0.0949. The Hall–Kier alpha value is -1.78. The van der Waals surface area contributed by atoms with E-state index < -0.39 is 17.5 Å². The highest BCUT2D eigenvalue weighted by molar-refractivity contribution is 6.40. The van der Waals surface area contributed by atoms with Gasteiger partial charge in [-0.15, -0.1) is 0 Å². The van der Waals surface area contributed by atoms with Gasteiger partial charge in [-0.1, -0.05) is 66.7 Å². The molecule has 0 amide bonds. The standard InChI is InChI=1S/C10H9ClO2.C4H5ClO2/c1-2-9(12)13-10(11)8-6-4-3-5-7-8;1-3(5)4(6)7-2/h2-7,10H,1H2;1H2,2H3. The van der Waals surface area contributed by atoms with Crippen LogP contribution in [-0.2, 0) is 19.1 Å². The van der Waals surface area contributed by atoms with Gasteiger partial charge in [-0.3, -0.25) is 0 Å². The maximum atomic E-state index is 10.8. The third-order valence-corrected chi connectivity index (χ3v) is 2.35. The van der Waals surface area contributed by atoms with Crippen LogP contribution in [0.25, 0.3) is 0 Å². The van der Waals surface area contributed by atoms with Gasteiger partial charge >= 0.3 is 11.9 Å². The summed E-state index contributed by atoms with van der Waals surface area (Å²) in [7, 11) is 1.25. The zero-order valence-electron chi connectivity index (χ0n) is 10.8. The van der Waals surface area contributed by atoms with Crippen molar-refractivity contribution in [3.8, 4) is 0 Å². The Morgan fingerprint density at radius 1 is 1.30 bits per heavy atom. The molecule has 0 aliphatic carbocycles. The topological polar surface area (TPSA) is 52.6 Å². The van der Waals surface area contributed by atoms with Crippen LogP contribution < -0.4 is 0 Å². The van der Waals surface area contributed by atoms with E-state index in [4.69, 9.17) is 27.9 Å². The van der Waals surface area contributed by atoms with Gasteiger partial charge in [0.2, 0.25) is 5.56 Å². The maximum Gasteiger partial charge on any atom is 0.348 e. The van der Waals surface area contributed by atoms with E-state index in [0.717, 1.165) is 11.6 Å². The van der Waals surface area contributed by atoms with E-state index in [1.165, 1.54) is 7.11 Å². The number of methoxy groups -OCH3 is 1. The molecule has 0 bridgehead atoms. The van der Waals surface area contributed by atoms with Crippen LogP contribution in [0.5, 0.6) is 0 Å². The summed E-state index contributed by atoms with van der Waals surface area (Å²) < 4.78 is 8.94. The van der Waals surface area contributed by atoms with Gasteiger partial charge in [0.1, 0.15) is 5.03 Å². The fraction of sp³-hybridized carbons (Fsp3) is 0.143. The molecule has 0 heterocycles. The second-order valence-electron chi connectivity index (χ2n) is 3.26. The lowest BCUT2D eigenvalue weighted by Crippen LogP contribution is -2.03. The minimum absolute atomic E-state index is 0.0949. The van der Waals surface area contributed by atoms with Gasteiger partial charge in [0.25, 0.3) is 0 Å². The molecule has 108 valence electrons. The highest BCUT2D eigenvalue weighted by Gasteiger charge is 2.09. The van der Waals surface area contributed by atoms with Crippen LogP contribution in [0.15, 0.2) is 54.6 Å². The van der Waals surface area contributed by atoms with Crippen molar-refractivity contribution >= 4 is 35.1 Å². The van der Waals surface area contributed by atoms with E-state index in [1.807, 2.05) is 18.2 Å². The van der Waals surface area contributed by atoms with Crippen molar-refractivity contribution in [2.45, 2.75) is 5.56 Å². The molecular formula is C14H14Cl2O4. The van der Waals surface area contributed by atoms with Crippen LogP contribution >= 0.6 is 23.2 Å². The lowest BCUT2D eigenvalue weighted by atomic mass is 10.2. The first-order valence-electron chi connectivity index (χ1n) is 5.37. The molecule has 0 aliphatic rings. The number of esters is 2. The van der Waals surface area contributed by atoms with Crippen LogP contribution in [0.2, 0.25) is 0 Å². The average molecular weight is 317 g/mol. The van der Waals surface area contributed by atoms with Crippen LogP contribution in [0.4, 0.5) is 0 Å². The minimum atomic E-state index is -0.744. The number of benzene rings is 1. The van der Waals surface area contributed by atoms with Gasteiger partial charge in [0.05, 0.1) is 7.11 Å². The Kier molecular flexibility index (Phi) is 9.17. The van der Waals surface area contributed by atoms with Crippen molar-refractivity contribution in [1.29, 1.82) is 0 Å². The third-order valence-electron chi connectivity index (χ3n) is 1.85. The van der Waals surface area contributed by atoms with Gasteiger partial charge in [-0.25, -0.2) is 9.59 Å². The van der Waals surface area contributed by atoms with E-state index in [9.17, 15) is 9.59 Å². The molecule has 0 fully saturated rings. The number of carbonyl (C=O) groups is 2. The normalized spacial score (nSPS) is 10.3. The van der Waals surface area contributed by atoms with Crippen LogP contribution in [0.3, 0.4) is 0 Å². The zero-order valence-corrected chi connectivity index (χ0v) is 12.4. The summed E-state index contributed by atoms with van der Waals surface area (Å²) in [5.41, 5.74) is 0.00562. The first-order valence-corrected chi connectivity index (χ1v) is 6.18. The Balaban J connectivity index is 0.000000441. The van der Waals surface area contributed by atoms with Crippen LogP contribution in [0.1, 0.15) is 11.1 Å². The fourth-order valence-corrected chi connectivity index (χ4v) is 1.24. The molecular weight excluding hydrogens is 303 g/mol. The number of halogens is 2. The molecule has 0 saturated heterocycles. The molecule has 0 aliphatic heterocycles. The number of hydrogen-bond donors (Lipinski definition) is 0. The lowest BCUT2D eigenvalue weighted by Gasteiger charge is -2.08. The number of alkyl halides is 1.